The van der Waals surface area contributed by atoms with Crippen LogP contribution >= 0.6 is 11.8 Å². The smallest absolute Gasteiger partial charge is 0.256 e. The van der Waals surface area contributed by atoms with Crippen molar-refractivity contribution in [1.82, 2.24) is 5.32 Å². The van der Waals surface area contributed by atoms with E-state index in [4.69, 9.17) is 5.73 Å². The zero-order chi connectivity index (χ0) is 12.0. The molecule has 0 aliphatic heterocycles. The number of hydrogen-bond acceptors (Lipinski definition) is 3. The predicted molar refractivity (Wildman–Crippen MR) is 64.7 cm³/mol. The second kappa shape index (κ2) is 5.97. The molecule has 0 aromatic heterocycles. The van der Waals surface area contributed by atoms with Crippen molar-refractivity contribution in [3.05, 3.63) is 47.0 Å². The molecule has 0 radical (unpaired) electrons. The first-order valence-electron chi connectivity index (χ1n) is 4.55. The Kier molecular flexibility index (Phi) is 4.60. The van der Waals surface area contributed by atoms with Crippen molar-refractivity contribution in [3.63, 3.8) is 0 Å². The van der Waals surface area contributed by atoms with Gasteiger partial charge in [0.2, 0.25) is 5.91 Å². The van der Waals surface area contributed by atoms with E-state index in [2.05, 4.69) is 5.32 Å². The zero-order valence-corrected chi connectivity index (χ0v) is 9.58. The molecular formula is C11H12N2O2S. The summed E-state index contributed by atoms with van der Waals surface area (Å²) in [5.74, 6) is -0.847. The average Bonchev–Trinajstić information content (AvgIpc) is 2.28. The first kappa shape index (κ1) is 12.3. The third kappa shape index (κ3) is 3.78. The molecule has 0 aliphatic rings. The highest BCUT2D eigenvalue weighted by Crippen LogP contribution is 2.08. The predicted octanol–water partition coefficient (Wildman–Crippen LogP) is 1.11. The first-order valence-corrected chi connectivity index (χ1v) is 5.77. The lowest BCUT2D eigenvalue weighted by molar-refractivity contribution is -0.113. The van der Waals surface area contributed by atoms with Gasteiger partial charge in [0.15, 0.2) is 0 Å². The molecule has 3 N–H and O–H groups in total. The fourth-order valence-corrected chi connectivity index (χ4v) is 1.48. The lowest BCUT2D eigenvalue weighted by atomic mass is 10.2. The molecule has 5 heteroatoms. The monoisotopic (exact) mass is 236 g/mol. The summed E-state index contributed by atoms with van der Waals surface area (Å²) in [5.41, 5.74) is 5.54. The largest absolute Gasteiger partial charge is 0.366 e. The summed E-state index contributed by atoms with van der Waals surface area (Å²) < 4.78 is 0. The maximum absolute atomic E-state index is 11.7. The van der Waals surface area contributed by atoms with Crippen molar-refractivity contribution in [1.29, 1.82) is 0 Å². The van der Waals surface area contributed by atoms with E-state index < -0.39 is 5.91 Å². The molecule has 1 rings (SSSR count). The summed E-state index contributed by atoms with van der Waals surface area (Å²) in [6.07, 6.45) is 2.94. The SMILES string of the molecule is CS/C(=C\C(N)=O)NC(=O)c1ccccc1. The van der Waals surface area contributed by atoms with Crippen molar-refractivity contribution in [2.24, 2.45) is 5.73 Å². The van der Waals surface area contributed by atoms with Gasteiger partial charge in [-0.25, -0.2) is 0 Å². The van der Waals surface area contributed by atoms with E-state index in [1.165, 1.54) is 17.8 Å². The lowest BCUT2D eigenvalue weighted by Gasteiger charge is -2.06. The molecule has 0 saturated carbocycles. The summed E-state index contributed by atoms with van der Waals surface area (Å²) >= 11 is 1.25. The molecule has 0 heterocycles. The molecule has 2 amide bonds. The van der Waals surface area contributed by atoms with Gasteiger partial charge in [0.05, 0.1) is 5.03 Å². The van der Waals surface area contributed by atoms with Crippen molar-refractivity contribution in [3.8, 4) is 0 Å². The third-order valence-corrected chi connectivity index (χ3v) is 2.43. The van der Waals surface area contributed by atoms with Gasteiger partial charge in [-0.05, 0) is 18.4 Å². The molecule has 0 bridgehead atoms. The van der Waals surface area contributed by atoms with Crippen LogP contribution in [0.1, 0.15) is 10.4 Å². The fourth-order valence-electron chi connectivity index (χ4n) is 1.05. The van der Waals surface area contributed by atoms with Gasteiger partial charge >= 0.3 is 0 Å². The van der Waals surface area contributed by atoms with Gasteiger partial charge in [-0.3, -0.25) is 9.59 Å². The molecule has 1 aromatic carbocycles. The molecule has 0 atom stereocenters. The first-order chi connectivity index (χ1) is 7.63. The molecule has 16 heavy (non-hydrogen) atoms. The molecule has 0 unspecified atom stereocenters. The minimum atomic E-state index is -0.585. The summed E-state index contributed by atoms with van der Waals surface area (Å²) in [4.78, 5) is 22.3. The summed E-state index contributed by atoms with van der Waals surface area (Å²) in [6, 6.07) is 8.75. The maximum Gasteiger partial charge on any atom is 0.256 e. The Morgan fingerprint density at radius 2 is 1.94 bits per heavy atom. The standard InChI is InChI=1S/C11H12N2O2S/c1-16-10(7-9(12)14)13-11(15)8-5-3-2-4-6-8/h2-7H,1H3,(H2,12,14)(H,13,15)/b10-7-. The number of carbonyl (C=O) groups is 2. The Hall–Kier alpha value is -1.75. The van der Waals surface area contributed by atoms with Crippen LogP contribution in [0.5, 0.6) is 0 Å². The van der Waals surface area contributed by atoms with Crippen LogP contribution in [0.15, 0.2) is 41.4 Å². The average molecular weight is 236 g/mol. The van der Waals surface area contributed by atoms with E-state index in [1.807, 2.05) is 6.07 Å². The second-order valence-corrected chi connectivity index (χ2v) is 3.78. The van der Waals surface area contributed by atoms with Crippen LogP contribution in [-0.2, 0) is 4.79 Å². The van der Waals surface area contributed by atoms with Gasteiger partial charge in [-0.1, -0.05) is 18.2 Å². The molecule has 4 nitrogen and oxygen atoms in total. The van der Waals surface area contributed by atoms with Crippen molar-refractivity contribution < 1.29 is 9.59 Å². The third-order valence-electron chi connectivity index (χ3n) is 1.77. The Bertz CT molecular complexity index is 415. The molecular weight excluding hydrogens is 224 g/mol. The number of benzene rings is 1. The van der Waals surface area contributed by atoms with Crippen LogP contribution in [0.2, 0.25) is 0 Å². The minimum absolute atomic E-state index is 0.262. The molecule has 0 saturated heterocycles. The van der Waals surface area contributed by atoms with Crippen LogP contribution in [0, 0.1) is 0 Å². The van der Waals surface area contributed by atoms with E-state index in [9.17, 15) is 9.59 Å². The number of nitrogens with two attached hydrogens (primary N) is 1. The number of nitrogens with one attached hydrogen (secondary N) is 1. The number of hydrogen-bond donors (Lipinski definition) is 2. The zero-order valence-electron chi connectivity index (χ0n) is 8.77. The van der Waals surface area contributed by atoms with Crippen LogP contribution in [0.25, 0.3) is 0 Å². The molecule has 1 aromatic rings. The van der Waals surface area contributed by atoms with Gasteiger partial charge in [0.1, 0.15) is 0 Å². The highest BCUT2D eigenvalue weighted by Gasteiger charge is 2.06. The maximum atomic E-state index is 11.7. The van der Waals surface area contributed by atoms with E-state index >= 15 is 0 Å². The number of amides is 2. The Labute approximate surface area is 97.9 Å². The fraction of sp³-hybridized carbons (Fsp3) is 0.0909. The Morgan fingerprint density at radius 3 is 2.44 bits per heavy atom. The topological polar surface area (TPSA) is 72.2 Å². The number of thioether (sulfide) groups is 1. The minimum Gasteiger partial charge on any atom is -0.366 e. The molecule has 0 fully saturated rings. The van der Waals surface area contributed by atoms with Crippen LogP contribution in [0.4, 0.5) is 0 Å². The van der Waals surface area contributed by atoms with Gasteiger partial charge < -0.3 is 11.1 Å². The summed E-state index contributed by atoms with van der Waals surface area (Å²) in [7, 11) is 0. The lowest BCUT2D eigenvalue weighted by Crippen LogP contribution is -2.22. The number of rotatable bonds is 4. The van der Waals surface area contributed by atoms with E-state index in [0.29, 0.717) is 10.6 Å². The molecule has 84 valence electrons. The second-order valence-electron chi connectivity index (χ2n) is 2.94. The van der Waals surface area contributed by atoms with Gasteiger partial charge in [0, 0.05) is 11.6 Å². The number of primary amides is 1. The summed E-state index contributed by atoms with van der Waals surface area (Å²) in [6.45, 7) is 0. The van der Waals surface area contributed by atoms with Crippen LogP contribution < -0.4 is 11.1 Å². The van der Waals surface area contributed by atoms with Crippen molar-refractivity contribution in [2.45, 2.75) is 0 Å². The van der Waals surface area contributed by atoms with Gasteiger partial charge in [-0.2, -0.15) is 0 Å². The van der Waals surface area contributed by atoms with Crippen LogP contribution in [0.3, 0.4) is 0 Å². The Balaban J connectivity index is 2.74. The molecule has 0 aliphatic carbocycles. The number of carbonyl (C=O) groups excluding carboxylic acids is 2. The van der Waals surface area contributed by atoms with Gasteiger partial charge in [-0.15, -0.1) is 11.8 Å². The highest BCUT2D eigenvalue weighted by atomic mass is 32.2. The molecule has 0 spiro atoms. The van der Waals surface area contributed by atoms with Crippen LogP contribution in [-0.4, -0.2) is 18.1 Å². The van der Waals surface area contributed by atoms with Crippen molar-refractivity contribution >= 4 is 23.6 Å². The van der Waals surface area contributed by atoms with E-state index in [1.54, 1.807) is 30.5 Å². The quantitative estimate of drug-likeness (QED) is 0.769. The van der Waals surface area contributed by atoms with E-state index in [0.717, 1.165) is 0 Å². The normalized spacial score (nSPS) is 10.9. The summed E-state index contributed by atoms with van der Waals surface area (Å²) in [5, 5.41) is 3.03. The van der Waals surface area contributed by atoms with E-state index in [-0.39, 0.29) is 5.91 Å². The Morgan fingerprint density at radius 1 is 1.31 bits per heavy atom. The van der Waals surface area contributed by atoms with Crippen molar-refractivity contribution in [2.75, 3.05) is 6.26 Å². The van der Waals surface area contributed by atoms with Gasteiger partial charge in [0.25, 0.3) is 5.91 Å². The highest BCUT2D eigenvalue weighted by molar-refractivity contribution is 8.02.